The molecular formula is C26H49N3O. The van der Waals surface area contributed by atoms with Gasteiger partial charge in [-0.15, -0.1) is 0 Å². The summed E-state index contributed by atoms with van der Waals surface area (Å²) in [6.07, 6.45) is 29.8. The van der Waals surface area contributed by atoms with E-state index < -0.39 is 0 Å². The molecule has 1 rings (SSSR count). The number of carbonyl (C=O) groups excluding carboxylic acids is 1. The normalized spacial score (nSPS) is 11.1. The second kappa shape index (κ2) is 20.9. The van der Waals surface area contributed by atoms with Crippen LogP contribution < -0.4 is 5.32 Å². The van der Waals surface area contributed by atoms with Gasteiger partial charge in [0.1, 0.15) is 0 Å². The minimum atomic E-state index is 0.186. The molecule has 1 aromatic rings. The van der Waals surface area contributed by atoms with Crippen LogP contribution in [0.4, 0.5) is 0 Å². The van der Waals surface area contributed by atoms with Crippen molar-refractivity contribution >= 4 is 5.91 Å². The summed E-state index contributed by atoms with van der Waals surface area (Å²) in [5.74, 6) is 0.186. The SMILES string of the molecule is CCCCCCCCCCCCCCCCCCCCC(=O)NCCc1cnc[nH]1. The fraction of sp³-hybridized carbons (Fsp3) is 0.846. The van der Waals surface area contributed by atoms with Gasteiger partial charge >= 0.3 is 0 Å². The number of imidazole rings is 1. The van der Waals surface area contributed by atoms with Crippen LogP contribution >= 0.6 is 0 Å². The first-order valence-electron chi connectivity index (χ1n) is 13.1. The molecule has 0 aliphatic rings. The quantitative estimate of drug-likeness (QED) is 0.191. The lowest BCUT2D eigenvalue weighted by atomic mass is 10.0. The Labute approximate surface area is 186 Å². The monoisotopic (exact) mass is 419 g/mol. The van der Waals surface area contributed by atoms with E-state index in [2.05, 4.69) is 22.2 Å². The van der Waals surface area contributed by atoms with Crippen LogP contribution in [-0.4, -0.2) is 22.4 Å². The van der Waals surface area contributed by atoms with Crippen LogP contribution in [0.25, 0.3) is 0 Å². The molecule has 0 aromatic carbocycles. The molecule has 0 aliphatic carbocycles. The lowest BCUT2D eigenvalue weighted by Gasteiger charge is -2.05. The maximum absolute atomic E-state index is 11.8. The first-order chi connectivity index (χ1) is 14.8. The minimum Gasteiger partial charge on any atom is -0.356 e. The van der Waals surface area contributed by atoms with Gasteiger partial charge in [-0.05, 0) is 6.42 Å². The first-order valence-corrected chi connectivity index (χ1v) is 13.1. The highest BCUT2D eigenvalue weighted by molar-refractivity contribution is 5.75. The van der Waals surface area contributed by atoms with Gasteiger partial charge in [0.05, 0.1) is 6.33 Å². The van der Waals surface area contributed by atoms with E-state index in [1.807, 2.05) is 6.20 Å². The van der Waals surface area contributed by atoms with Gasteiger partial charge in [-0.25, -0.2) is 4.98 Å². The molecule has 4 nitrogen and oxygen atoms in total. The van der Waals surface area contributed by atoms with Crippen molar-refractivity contribution in [3.8, 4) is 0 Å². The Balaban J connectivity index is 1.70. The van der Waals surface area contributed by atoms with E-state index >= 15 is 0 Å². The number of amides is 1. The number of H-pyrrole nitrogens is 1. The molecule has 1 heterocycles. The topological polar surface area (TPSA) is 57.8 Å². The van der Waals surface area contributed by atoms with Crippen molar-refractivity contribution in [1.29, 1.82) is 0 Å². The number of aromatic nitrogens is 2. The molecule has 0 radical (unpaired) electrons. The number of hydrogen-bond acceptors (Lipinski definition) is 2. The molecule has 0 bridgehead atoms. The molecule has 30 heavy (non-hydrogen) atoms. The molecule has 0 unspecified atom stereocenters. The van der Waals surface area contributed by atoms with Crippen LogP contribution in [0.1, 0.15) is 135 Å². The molecular weight excluding hydrogens is 370 g/mol. The molecule has 1 aromatic heterocycles. The van der Waals surface area contributed by atoms with Crippen molar-refractivity contribution in [2.75, 3.05) is 6.54 Å². The van der Waals surface area contributed by atoms with Crippen molar-refractivity contribution in [3.05, 3.63) is 18.2 Å². The smallest absolute Gasteiger partial charge is 0.220 e. The molecule has 0 saturated heterocycles. The average Bonchev–Trinajstić information content (AvgIpc) is 3.26. The van der Waals surface area contributed by atoms with Crippen LogP contribution in [-0.2, 0) is 11.2 Å². The minimum absolute atomic E-state index is 0.186. The molecule has 0 aliphatic heterocycles. The number of unbranched alkanes of at least 4 members (excludes halogenated alkanes) is 17. The Morgan fingerprint density at radius 3 is 1.67 bits per heavy atom. The van der Waals surface area contributed by atoms with E-state index in [1.165, 1.54) is 109 Å². The van der Waals surface area contributed by atoms with E-state index in [1.54, 1.807) is 6.33 Å². The largest absolute Gasteiger partial charge is 0.356 e. The molecule has 1 amide bonds. The molecule has 174 valence electrons. The third kappa shape index (κ3) is 17.5. The Kier molecular flexibility index (Phi) is 18.6. The zero-order valence-electron chi connectivity index (χ0n) is 19.9. The summed E-state index contributed by atoms with van der Waals surface area (Å²) < 4.78 is 0. The van der Waals surface area contributed by atoms with Gasteiger partial charge in [0, 0.05) is 31.3 Å². The van der Waals surface area contributed by atoms with E-state index in [0.717, 1.165) is 18.5 Å². The van der Waals surface area contributed by atoms with Crippen LogP contribution in [0.15, 0.2) is 12.5 Å². The van der Waals surface area contributed by atoms with Crippen molar-refractivity contribution in [1.82, 2.24) is 15.3 Å². The molecule has 0 fully saturated rings. The number of aromatic amines is 1. The number of rotatable bonds is 22. The Hall–Kier alpha value is -1.32. The van der Waals surface area contributed by atoms with Gasteiger partial charge in [0.25, 0.3) is 0 Å². The zero-order valence-corrected chi connectivity index (χ0v) is 19.9. The van der Waals surface area contributed by atoms with Crippen molar-refractivity contribution in [3.63, 3.8) is 0 Å². The second-order valence-corrected chi connectivity index (χ2v) is 8.94. The van der Waals surface area contributed by atoms with Gasteiger partial charge in [0.15, 0.2) is 0 Å². The lowest BCUT2D eigenvalue weighted by molar-refractivity contribution is -0.121. The average molecular weight is 420 g/mol. The highest BCUT2D eigenvalue weighted by atomic mass is 16.1. The lowest BCUT2D eigenvalue weighted by Crippen LogP contribution is -2.25. The predicted molar refractivity (Wildman–Crippen MR) is 129 cm³/mol. The Morgan fingerprint density at radius 2 is 1.23 bits per heavy atom. The number of carbonyl (C=O) groups is 1. The van der Waals surface area contributed by atoms with Crippen LogP contribution in [0, 0.1) is 0 Å². The summed E-state index contributed by atoms with van der Waals surface area (Å²) in [6, 6.07) is 0. The predicted octanol–water partition coefficient (Wildman–Crippen LogP) is 7.50. The summed E-state index contributed by atoms with van der Waals surface area (Å²) in [4.78, 5) is 18.8. The van der Waals surface area contributed by atoms with Crippen molar-refractivity contribution in [2.45, 2.75) is 135 Å². The molecule has 4 heteroatoms. The summed E-state index contributed by atoms with van der Waals surface area (Å²) in [5.41, 5.74) is 1.07. The summed E-state index contributed by atoms with van der Waals surface area (Å²) in [7, 11) is 0. The third-order valence-electron chi connectivity index (χ3n) is 6.03. The maximum atomic E-state index is 11.8. The fourth-order valence-electron chi connectivity index (χ4n) is 4.03. The highest BCUT2D eigenvalue weighted by Gasteiger charge is 2.01. The number of nitrogens with one attached hydrogen (secondary N) is 2. The van der Waals surface area contributed by atoms with Crippen LogP contribution in [0.3, 0.4) is 0 Å². The Bertz CT molecular complexity index is 473. The van der Waals surface area contributed by atoms with E-state index in [0.29, 0.717) is 13.0 Å². The third-order valence-corrected chi connectivity index (χ3v) is 6.03. The van der Waals surface area contributed by atoms with Gasteiger partial charge in [-0.2, -0.15) is 0 Å². The molecule has 2 N–H and O–H groups in total. The van der Waals surface area contributed by atoms with Crippen molar-refractivity contribution in [2.24, 2.45) is 0 Å². The first kappa shape index (κ1) is 26.7. The van der Waals surface area contributed by atoms with Crippen LogP contribution in [0.2, 0.25) is 0 Å². The second-order valence-electron chi connectivity index (χ2n) is 8.94. The molecule has 0 atom stereocenters. The van der Waals surface area contributed by atoms with E-state index in [-0.39, 0.29) is 5.91 Å². The van der Waals surface area contributed by atoms with Gasteiger partial charge in [-0.1, -0.05) is 116 Å². The van der Waals surface area contributed by atoms with E-state index in [9.17, 15) is 4.79 Å². The summed E-state index contributed by atoms with van der Waals surface area (Å²) in [5, 5.41) is 2.99. The zero-order chi connectivity index (χ0) is 21.5. The summed E-state index contributed by atoms with van der Waals surface area (Å²) in [6.45, 7) is 2.98. The summed E-state index contributed by atoms with van der Waals surface area (Å²) >= 11 is 0. The Morgan fingerprint density at radius 1 is 0.767 bits per heavy atom. The van der Waals surface area contributed by atoms with Crippen LogP contribution in [0.5, 0.6) is 0 Å². The van der Waals surface area contributed by atoms with E-state index in [4.69, 9.17) is 0 Å². The molecule has 0 saturated carbocycles. The van der Waals surface area contributed by atoms with Gasteiger partial charge < -0.3 is 10.3 Å². The number of hydrogen-bond donors (Lipinski definition) is 2. The highest BCUT2D eigenvalue weighted by Crippen LogP contribution is 2.14. The maximum Gasteiger partial charge on any atom is 0.220 e. The standard InChI is InChI=1S/C26H49N3O/c1-2-3-4-5-6-7-8-9-10-11-12-13-14-15-16-17-18-19-20-26(30)28-22-21-25-23-27-24-29-25/h23-24H,2-22H2,1H3,(H,27,29)(H,28,30). The van der Waals surface area contributed by atoms with Crippen molar-refractivity contribution < 1.29 is 4.79 Å². The fourth-order valence-corrected chi connectivity index (χ4v) is 4.03. The van der Waals surface area contributed by atoms with Gasteiger partial charge in [0.2, 0.25) is 5.91 Å². The number of nitrogens with zero attached hydrogens (tertiary/aromatic N) is 1. The molecule has 0 spiro atoms. The van der Waals surface area contributed by atoms with Gasteiger partial charge in [-0.3, -0.25) is 4.79 Å².